The van der Waals surface area contributed by atoms with E-state index < -0.39 is 0 Å². The summed E-state index contributed by atoms with van der Waals surface area (Å²) in [6.07, 6.45) is 2.32. The molecule has 1 aliphatic carbocycles. The van der Waals surface area contributed by atoms with Gasteiger partial charge in [-0.25, -0.2) is 14.3 Å². The van der Waals surface area contributed by atoms with Gasteiger partial charge in [0.2, 0.25) is 0 Å². The molecule has 3 rings (SSSR count). The van der Waals surface area contributed by atoms with Gasteiger partial charge in [-0.05, 0) is 43.7 Å². The van der Waals surface area contributed by atoms with Crippen LogP contribution in [0.5, 0.6) is 0 Å². The molecule has 1 aromatic carbocycles. The topological polar surface area (TPSA) is 62.7 Å². The molecule has 2 aromatic rings. The predicted molar refractivity (Wildman–Crippen MR) is 78.9 cm³/mol. The van der Waals surface area contributed by atoms with Gasteiger partial charge in [-0.1, -0.05) is 6.07 Å². The van der Waals surface area contributed by atoms with Crippen LogP contribution >= 0.6 is 11.8 Å². The molecule has 1 aromatic heterocycles. The second kappa shape index (κ2) is 6.03. The Morgan fingerprint density at radius 3 is 3.05 bits per heavy atom. The molecule has 112 valence electrons. The molecule has 0 spiro atoms. The summed E-state index contributed by atoms with van der Waals surface area (Å²) in [6.45, 7) is 2.91. The lowest BCUT2D eigenvalue weighted by molar-refractivity contribution is 0.578. The number of nitrogens with one attached hydrogen (secondary N) is 2. The summed E-state index contributed by atoms with van der Waals surface area (Å²) in [5.74, 6) is -0.228. The number of hydrogen-bond donors (Lipinski definition) is 2. The Morgan fingerprint density at radius 1 is 1.52 bits per heavy atom. The van der Waals surface area contributed by atoms with E-state index in [0.717, 1.165) is 17.7 Å². The Labute approximate surface area is 125 Å². The highest BCUT2D eigenvalue weighted by Gasteiger charge is 2.22. The Kier molecular flexibility index (Phi) is 4.12. The van der Waals surface area contributed by atoms with Crippen molar-refractivity contribution >= 4 is 11.8 Å². The molecule has 1 aliphatic rings. The van der Waals surface area contributed by atoms with E-state index in [1.807, 2.05) is 13.0 Å². The normalized spacial score (nSPS) is 14.6. The molecule has 7 heteroatoms. The molecule has 0 bridgehead atoms. The minimum absolute atomic E-state index is 0.228. The summed E-state index contributed by atoms with van der Waals surface area (Å²) >= 11 is 1.31. The molecule has 0 atom stereocenters. The summed E-state index contributed by atoms with van der Waals surface area (Å²) in [6, 6.07) is 5.52. The second-order valence-electron chi connectivity index (χ2n) is 5.03. The van der Waals surface area contributed by atoms with Gasteiger partial charge in [-0.15, -0.1) is 5.10 Å². The molecule has 0 unspecified atom stereocenters. The van der Waals surface area contributed by atoms with Crippen LogP contribution in [0, 0.1) is 5.82 Å². The summed E-state index contributed by atoms with van der Waals surface area (Å²) in [4.78, 5) is 12.4. The van der Waals surface area contributed by atoms with E-state index >= 15 is 0 Å². The first kappa shape index (κ1) is 14.3. The summed E-state index contributed by atoms with van der Waals surface area (Å²) in [7, 11) is 0. The second-order valence-corrected chi connectivity index (χ2v) is 6.04. The number of hydrogen-bond acceptors (Lipinski definition) is 4. The van der Waals surface area contributed by atoms with E-state index in [2.05, 4.69) is 15.5 Å². The summed E-state index contributed by atoms with van der Waals surface area (Å²) in [5.41, 5.74) is 0.390. The largest absolute Gasteiger partial charge is 0.343 e. The third-order valence-corrected chi connectivity index (χ3v) is 4.56. The van der Waals surface area contributed by atoms with E-state index in [4.69, 9.17) is 0 Å². The molecule has 0 amide bonds. The maximum absolute atomic E-state index is 14.1. The van der Waals surface area contributed by atoms with Crippen molar-refractivity contribution in [2.45, 2.75) is 48.9 Å². The number of benzene rings is 1. The first-order valence-corrected chi connectivity index (χ1v) is 7.84. The molecule has 5 nitrogen and oxygen atoms in total. The van der Waals surface area contributed by atoms with Gasteiger partial charge in [-0.3, -0.25) is 4.57 Å². The Balaban J connectivity index is 1.86. The minimum atomic E-state index is -0.242. The van der Waals surface area contributed by atoms with E-state index in [0.29, 0.717) is 29.9 Å². The predicted octanol–water partition coefficient (Wildman–Crippen LogP) is 2.13. The van der Waals surface area contributed by atoms with Gasteiger partial charge in [0.1, 0.15) is 5.82 Å². The van der Waals surface area contributed by atoms with E-state index in [1.165, 1.54) is 22.4 Å². The first-order chi connectivity index (χ1) is 10.2. The molecule has 1 saturated carbocycles. The van der Waals surface area contributed by atoms with Gasteiger partial charge in [-0.2, -0.15) is 0 Å². The van der Waals surface area contributed by atoms with Gasteiger partial charge in [0.05, 0.1) is 0 Å². The van der Waals surface area contributed by atoms with Crippen LogP contribution in [0.25, 0.3) is 0 Å². The molecule has 2 N–H and O–H groups in total. The van der Waals surface area contributed by atoms with Gasteiger partial charge in [0, 0.05) is 29.6 Å². The summed E-state index contributed by atoms with van der Waals surface area (Å²) < 4.78 is 15.6. The van der Waals surface area contributed by atoms with E-state index in [-0.39, 0.29) is 11.5 Å². The number of aromatic amines is 1. The molecular formula is C14H17FN4OS. The van der Waals surface area contributed by atoms with Crippen molar-refractivity contribution in [3.05, 3.63) is 40.1 Å². The third-order valence-electron chi connectivity index (χ3n) is 3.46. The van der Waals surface area contributed by atoms with Gasteiger partial charge >= 0.3 is 5.69 Å². The minimum Gasteiger partial charge on any atom is -0.310 e. The Hall–Kier alpha value is -1.60. The van der Waals surface area contributed by atoms with E-state index in [9.17, 15) is 9.18 Å². The first-order valence-electron chi connectivity index (χ1n) is 7.03. The van der Waals surface area contributed by atoms with Gasteiger partial charge < -0.3 is 5.32 Å². The molecule has 0 radical (unpaired) electrons. The highest BCUT2D eigenvalue weighted by molar-refractivity contribution is 7.99. The maximum atomic E-state index is 14.1. The fourth-order valence-electron chi connectivity index (χ4n) is 2.10. The van der Waals surface area contributed by atoms with Crippen molar-refractivity contribution in [2.24, 2.45) is 0 Å². The van der Waals surface area contributed by atoms with Crippen molar-refractivity contribution in [1.82, 2.24) is 20.1 Å². The zero-order valence-corrected chi connectivity index (χ0v) is 12.5. The van der Waals surface area contributed by atoms with Gasteiger partial charge in [0.15, 0.2) is 5.16 Å². The molecular weight excluding hydrogens is 291 g/mol. The van der Waals surface area contributed by atoms with Crippen molar-refractivity contribution < 1.29 is 4.39 Å². The van der Waals surface area contributed by atoms with E-state index in [1.54, 1.807) is 6.07 Å². The van der Waals surface area contributed by atoms with Crippen LogP contribution in [-0.4, -0.2) is 20.8 Å². The van der Waals surface area contributed by atoms with Crippen molar-refractivity contribution in [1.29, 1.82) is 0 Å². The smallest absolute Gasteiger partial charge is 0.310 e. The van der Waals surface area contributed by atoms with Crippen molar-refractivity contribution in [3.63, 3.8) is 0 Å². The fraction of sp³-hybridized carbons (Fsp3) is 0.429. The molecule has 0 saturated heterocycles. The van der Waals surface area contributed by atoms with Crippen molar-refractivity contribution in [3.8, 4) is 0 Å². The number of H-pyrrole nitrogens is 1. The molecule has 21 heavy (non-hydrogen) atoms. The Morgan fingerprint density at radius 2 is 2.33 bits per heavy atom. The maximum Gasteiger partial charge on any atom is 0.343 e. The molecule has 1 heterocycles. The molecule has 0 aliphatic heterocycles. The number of nitrogens with zero attached hydrogens (tertiary/aromatic N) is 2. The van der Waals surface area contributed by atoms with Crippen LogP contribution in [0.1, 0.15) is 25.3 Å². The van der Waals surface area contributed by atoms with Crippen LogP contribution in [0.3, 0.4) is 0 Å². The van der Waals surface area contributed by atoms with Crippen LogP contribution in [0.15, 0.2) is 33.0 Å². The van der Waals surface area contributed by atoms with Crippen LogP contribution < -0.4 is 11.0 Å². The number of halogens is 1. The SMILES string of the molecule is CCn1c(Sc2cccc(F)c2CNC2CC2)n[nH]c1=O. The average Bonchev–Trinajstić information content (AvgIpc) is 3.22. The Bertz CT molecular complexity index is 693. The number of rotatable bonds is 6. The third kappa shape index (κ3) is 3.19. The highest BCUT2D eigenvalue weighted by atomic mass is 32.2. The lowest BCUT2D eigenvalue weighted by atomic mass is 10.2. The van der Waals surface area contributed by atoms with Crippen molar-refractivity contribution in [2.75, 3.05) is 0 Å². The lowest BCUT2D eigenvalue weighted by Gasteiger charge is -2.11. The lowest BCUT2D eigenvalue weighted by Crippen LogP contribution is -2.17. The number of aromatic nitrogens is 3. The highest BCUT2D eigenvalue weighted by Crippen LogP contribution is 2.30. The fourth-order valence-corrected chi connectivity index (χ4v) is 3.15. The standard InChI is InChI=1S/C14H17FN4OS/c1-2-19-13(20)17-18-14(19)21-12-5-3-4-11(15)10(12)8-16-9-6-7-9/h3-5,9,16H,2,6-8H2,1H3,(H,17,20). The zero-order chi connectivity index (χ0) is 14.8. The van der Waals surface area contributed by atoms with Crippen LogP contribution in [0.4, 0.5) is 4.39 Å². The zero-order valence-electron chi connectivity index (χ0n) is 11.7. The monoisotopic (exact) mass is 308 g/mol. The quantitative estimate of drug-likeness (QED) is 0.858. The van der Waals surface area contributed by atoms with Crippen LogP contribution in [0.2, 0.25) is 0 Å². The average molecular weight is 308 g/mol. The summed E-state index contributed by atoms with van der Waals surface area (Å²) in [5, 5.41) is 10.3. The van der Waals surface area contributed by atoms with Crippen LogP contribution in [-0.2, 0) is 13.1 Å². The van der Waals surface area contributed by atoms with Gasteiger partial charge in [0.25, 0.3) is 0 Å². The molecule has 1 fully saturated rings.